The van der Waals surface area contributed by atoms with Crippen molar-refractivity contribution in [3.05, 3.63) is 48.3 Å². The second-order valence-corrected chi connectivity index (χ2v) is 5.91. The van der Waals surface area contributed by atoms with Crippen LogP contribution in [0.1, 0.15) is 18.4 Å². The summed E-state index contributed by atoms with van der Waals surface area (Å²) in [7, 11) is 1.77. The van der Waals surface area contributed by atoms with Crippen LogP contribution in [0.5, 0.6) is 0 Å². The van der Waals surface area contributed by atoms with E-state index in [0.29, 0.717) is 25.2 Å². The predicted octanol–water partition coefficient (Wildman–Crippen LogP) is 1.74. The average molecular weight is 312 g/mol. The van der Waals surface area contributed by atoms with E-state index >= 15 is 0 Å². The highest BCUT2D eigenvalue weighted by molar-refractivity contribution is 5.95. The molecular weight excluding hydrogens is 292 g/mol. The molecule has 0 aliphatic carbocycles. The Morgan fingerprint density at radius 1 is 1.35 bits per heavy atom. The van der Waals surface area contributed by atoms with Crippen molar-refractivity contribution in [2.75, 3.05) is 18.9 Å². The molecule has 6 nitrogen and oxygen atoms in total. The van der Waals surface area contributed by atoms with E-state index in [9.17, 15) is 9.59 Å². The highest BCUT2D eigenvalue weighted by Gasteiger charge is 2.28. The number of hydrogen-bond acceptors (Lipinski definition) is 3. The molecule has 2 heterocycles. The van der Waals surface area contributed by atoms with Gasteiger partial charge in [-0.05, 0) is 12.0 Å². The lowest BCUT2D eigenvalue weighted by Gasteiger charge is -2.27. The van der Waals surface area contributed by atoms with Gasteiger partial charge >= 0.3 is 0 Å². The minimum atomic E-state index is -0.254. The summed E-state index contributed by atoms with van der Waals surface area (Å²) in [5.74, 6) is -0.335. The molecule has 1 saturated heterocycles. The molecule has 1 aromatic heterocycles. The maximum absolute atomic E-state index is 12.3. The van der Waals surface area contributed by atoms with Crippen molar-refractivity contribution in [1.82, 2.24) is 14.7 Å². The minimum absolute atomic E-state index is 0.0242. The van der Waals surface area contributed by atoms with Gasteiger partial charge in [0.15, 0.2) is 0 Å². The van der Waals surface area contributed by atoms with E-state index in [1.54, 1.807) is 22.8 Å². The molecule has 1 aliphatic heterocycles. The predicted molar refractivity (Wildman–Crippen MR) is 86.8 cm³/mol. The number of piperidine rings is 1. The van der Waals surface area contributed by atoms with Crippen LogP contribution in [-0.4, -0.2) is 40.1 Å². The number of nitrogens with one attached hydrogen (secondary N) is 1. The van der Waals surface area contributed by atoms with Crippen molar-refractivity contribution in [2.24, 2.45) is 5.92 Å². The number of nitrogens with zero attached hydrogens (tertiary/aromatic N) is 3. The van der Waals surface area contributed by atoms with Crippen molar-refractivity contribution < 1.29 is 9.59 Å². The number of aromatic nitrogens is 2. The summed E-state index contributed by atoms with van der Waals surface area (Å²) in [5.41, 5.74) is 1.81. The molecule has 0 radical (unpaired) electrons. The van der Waals surface area contributed by atoms with Gasteiger partial charge in [0, 0.05) is 32.1 Å². The first kappa shape index (κ1) is 15.3. The van der Waals surface area contributed by atoms with Crippen LogP contribution in [0.4, 0.5) is 5.69 Å². The maximum atomic E-state index is 12.3. The van der Waals surface area contributed by atoms with Gasteiger partial charge in [-0.2, -0.15) is 5.10 Å². The van der Waals surface area contributed by atoms with E-state index in [-0.39, 0.29) is 24.2 Å². The summed E-state index contributed by atoms with van der Waals surface area (Å²) in [6.07, 6.45) is 4.42. The number of rotatable bonds is 4. The van der Waals surface area contributed by atoms with Gasteiger partial charge in [-0.3, -0.25) is 14.3 Å². The molecular formula is C17H20N4O2. The molecule has 1 N–H and O–H groups in total. The summed E-state index contributed by atoms with van der Waals surface area (Å²) in [5, 5.41) is 7.12. The van der Waals surface area contributed by atoms with Crippen LogP contribution in [0.3, 0.4) is 0 Å². The summed E-state index contributed by atoms with van der Waals surface area (Å²) in [6.45, 7) is 1.29. The lowest BCUT2D eigenvalue weighted by Crippen LogP contribution is -2.39. The molecule has 0 bridgehead atoms. The summed E-state index contributed by atoms with van der Waals surface area (Å²) in [4.78, 5) is 25.6. The third-order valence-corrected chi connectivity index (χ3v) is 4.12. The van der Waals surface area contributed by atoms with Crippen LogP contribution in [0.2, 0.25) is 0 Å². The summed E-state index contributed by atoms with van der Waals surface area (Å²) < 4.78 is 1.78. The van der Waals surface area contributed by atoms with Crippen molar-refractivity contribution >= 4 is 17.5 Å². The van der Waals surface area contributed by atoms with Crippen LogP contribution < -0.4 is 5.32 Å². The summed E-state index contributed by atoms with van der Waals surface area (Å²) in [6, 6.07) is 10.0. The number of hydrogen-bond donors (Lipinski definition) is 1. The average Bonchev–Trinajstić information content (AvgIpc) is 2.98. The Kier molecular flexibility index (Phi) is 4.41. The van der Waals surface area contributed by atoms with Gasteiger partial charge in [0.25, 0.3) is 0 Å². The lowest BCUT2D eigenvalue weighted by atomic mass is 9.95. The topological polar surface area (TPSA) is 67.2 Å². The Bertz CT molecular complexity index is 696. The molecule has 2 amide bonds. The Morgan fingerprint density at radius 2 is 2.13 bits per heavy atom. The molecule has 0 unspecified atom stereocenters. The highest BCUT2D eigenvalue weighted by atomic mass is 16.2. The minimum Gasteiger partial charge on any atom is -0.346 e. The number of carbonyl (C=O) groups is 2. The van der Waals surface area contributed by atoms with Crippen LogP contribution in [-0.2, 0) is 16.1 Å². The van der Waals surface area contributed by atoms with E-state index in [0.717, 1.165) is 5.56 Å². The molecule has 2 aromatic rings. The standard InChI is InChI=1S/C17H20N4O2/c1-20-8-7-14(9-16(20)22)17(23)19-15-10-18-21(12-15)11-13-5-3-2-4-6-13/h2-6,10,12,14H,7-9,11H2,1H3,(H,19,23)/t14-/m0/s1. The van der Waals surface area contributed by atoms with Gasteiger partial charge in [-0.15, -0.1) is 0 Å². The zero-order chi connectivity index (χ0) is 16.2. The van der Waals surface area contributed by atoms with Gasteiger partial charge in [0.2, 0.25) is 11.8 Å². The molecule has 1 aromatic carbocycles. The van der Waals surface area contributed by atoms with Gasteiger partial charge in [-0.25, -0.2) is 0 Å². The van der Waals surface area contributed by atoms with Crippen LogP contribution in [0.15, 0.2) is 42.7 Å². The number of anilines is 1. The number of amides is 2. The van der Waals surface area contributed by atoms with E-state index in [1.807, 2.05) is 36.5 Å². The highest BCUT2D eigenvalue weighted by Crippen LogP contribution is 2.19. The van der Waals surface area contributed by atoms with Crippen molar-refractivity contribution in [3.8, 4) is 0 Å². The Hall–Kier alpha value is -2.63. The first-order valence-electron chi connectivity index (χ1n) is 7.73. The number of carbonyl (C=O) groups excluding carboxylic acids is 2. The fourth-order valence-corrected chi connectivity index (χ4v) is 2.70. The van der Waals surface area contributed by atoms with E-state index in [1.165, 1.54) is 0 Å². The van der Waals surface area contributed by atoms with Crippen molar-refractivity contribution in [2.45, 2.75) is 19.4 Å². The van der Waals surface area contributed by atoms with E-state index in [2.05, 4.69) is 10.4 Å². The summed E-state index contributed by atoms with van der Waals surface area (Å²) >= 11 is 0. The Balaban J connectivity index is 1.58. The third kappa shape index (κ3) is 3.77. The molecule has 0 saturated carbocycles. The Labute approximate surface area is 135 Å². The fourth-order valence-electron chi connectivity index (χ4n) is 2.70. The third-order valence-electron chi connectivity index (χ3n) is 4.12. The second-order valence-electron chi connectivity index (χ2n) is 5.91. The zero-order valence-corrected chi connectivity index (χ0v) is 13.1. The molecule has 1 aliphatic rings. The van der Waals surface area contributed by atoms with Gasteiger partial charge in [0.1, 0.15) is 0 Å². The molecule has 3 rings (SSSR count). The number of likely N-dealkylation sites (tertiary alicyclic amines) is 1. The van der Waals surface area contributed by atoms with Crippen LogP contribution >= 0.6 is 0 Å². The SMILES string of the molecule is CN1CC[C@H](C(=O)Nc2cnn(Cc3ccccc3)c2)CC1=O. The largest absolute Gasteiger partial charge is 0.346 e. The molecule has 0 spiro atoms. The second kappa shape index (κ2) is 6.64. The monoisotopic (exact) mass is 312 g/mol. The molecule has 1 atom stereocenters. The molecule has 6 heteroatoms. The van der Waals surface area contributed by atoms with Gasteiger partial charge < -0.3 is 10.2 Å². The Morgan fingerprint density at radius 3 is 2.87 bits per heavy atom. The fraction of sp³-hybridized carbons (Fsp3) is 0.353. The first-order chi connectivity index (χ1) is 11.1. The molecule has 23 heavy (non-hydrogen) atoms. The van der Waals surface area contributed by atoms with Crippen LogP contribution in [0.25, 0.3) is 0 Å². The zero-order valence-electron chi connectivity index (χ0n) is 13.1. The number of benzene rings is 1. The van der Waals surface area contributed by atoms with E-state index < -0.39 is 0 Å². The van der Waals surface area contributed by atoms with Crippen molar-refractivity contribution in [3.63, 3.8) is 0 Å². The smallest absolute Gasteiger partial charge is 0.228 e. The first-order valence-corrected chi connectivity index (χ1v) is 7.73. The maximum Gasteiger partial charge on any atom is 0.228 e. The van der Waals surface area contributed by atoms with Crippen molar-refractivity contribution in [1.29, 1.82) is 0 Å². The quantitative estimate of drug-likeness (QED) is 0.935. The van der Waals surface area contributed by atoms with Crippen LogP contribution in [0, 0.1) is 5.92 Å². The van der Waals surface area contributed by atoms with Gasteiger partial charge in [-0.1, -0.05) is 30.3 Å². The lowest BCUT2D eigenvalue weighted by molar-refractivity contribution is -0.137. The van der Waals surface area contributed by atoms with E-state index in [4.69, 9.17) is 0 Å². The van der Waals surface area contributed by atoms with Gasteiger partial charge in [0.05, 0.1) is 18.4 Å². The molecule has 120 valence electrons. The normalized spacial score (nSPS) is 18.0. The molecule has 1 fully saturated rings.